The fourth-order valence-electron chi connectivity index (χ4n) is 5.14. The molecule has 4 heterocycles. The topological polar surface area (TPSA) is 107 Å². The second-order valence-electron chi connectivity index (χ2n) is 9.19. The summed E-state index contributed by atoms with van der Waals surface area (Å²) in [5.74, 6) is 1.80. The summed E-state index contributed by atoms with van der Waals surface area (Å²) in [6, 6.07) is 5.15. The Bertz CT molecular complexity index is 1330. The van der Waals surface area contributed by atoms with Crippen LogP contribution in [0.3, 0.4) is 0 Å². The molecule has 9 nitrogen and oxygen atoms in total. The van der Waals surface area contributed by atoms with Crippen molar-refractivity contribution in [2.24, 2.45) is 0 Å². The first kappa shape index (κ1) is 21.6. The Morgan fingerprint density at radius 2 is 1.94 bits per heavy atom. The highest BCUT2D eigenvalue weighted by Gasteiger charge is 2.30. The molecule has 0 unspecified atom stereocenters. The molecule has 0 bridgehead atoms. The number of nitrogens with zero attached hydrogens (tertiary/aromatic N) is 3. The van der Waals surface area contributed by atoms with Gasteiger partial charge in [-0.2, -0.15) is 0 Å². The van der Waals surface area contributed by atoms with Gasteiger partial charge < -0.3 is 24.2 Å². The molecular formula is C26H26N4O5. The van der Waals surface area contributed by atoms with Crippen LogP contribution in [-0.4, -0.2) is 40.2 Å². The van der Waals surface area contributed by atoms with Crippen molar-refractivity contribution in [1.29, 1.82) is 0 Å². The maximum atomic E-state index is 13.3. The van der Waals surface area contributed by atoms with Crippen molar-refractivity contribution in [3.8, 4) is 11.5 Å². The standard InChI is InChI=1S/C26H26N4O5/c1-15-20(12-28-25(31)16-6-7-22-23(10-16)34-14-33-22)18-8-9-30(13-17(18)11-27-15)26(32)24-19-4-2-3-5-21(19)35-29-24/h6-7,10-11H,2-5,8-9,12-14H2,1H3,(H,28,31). The first-order chi connectivity index (χ1) is 17.1. The molecule has 1 N–H and O–H groups in total. The molecule has 35 heavy (non-hydrogen) atoms. The zero-order valence-corrected chi connectivity index (χ0v) is 19.6. The third-order valence-electron chi connectivity index (χ3n) is 7.10. The van der Waals surface area contributed by atoms with Crippen molar-refractivity contribution >= 4 is 11.8 Å². The predicted molar refractivity (Wildman–Crippen MR) is 124 cm³/mol. The van der Waals surface area contributed by atoms with Crippen LogP contribution in [0.15, 0.2) is 28.9 Å². The Hall–Kier alpha value is -3.88. The van der Waals surface area contributed by atoms with Crippen LogP contribution in [0.1, 0.15) is 67.4 Å². The van der Waals surface area contributed by atoms with Gasteiger partial charge >= 0.3 is 0 Å². The van der Waals surface area contributed by atoms with E-state index < -0.39 is 0 Å². The van der Waals surface area contributed by atoms with Gasteiger partial charge in [0.25, 0.3) is 11.8 Å². The minimum absolute atomic E-state index is 0.0826. The smallest absolute Gasteiger partial charge is 0.276 e. The van der Waals surface area contributed by atoms with Crippen molar-refractivity contribution < 1.29 is 23.6 Å². The van der Waals surface area contributed by atoms with E-state index in [1.54, 1.807) is 18.2 Å². The monoisotopic (exact) mass is 474 g/mol. The van der Waals surface area contributed by atoms with E-state index in [9.17, 15) is 9.59 Å². The molecule has 2 aromatic heterocycles. The van der Waals surface area contributed by atoms with Gasteiger partial charge in [-0.1, -0.05) is 5.16 Å². The molecule has 1 aliphatic carbocycles. The van der Waals surface area contributed by atoms with Crippen LogP contribution in [0.5, 0.6) is 11.5 Å². The van der Waals surface area contributed by atoms with Gasteiger partial charge in [0, 0.05) is 49.1 Å². The third-order valence-corrected chi connectivity index (χ3v) is 7.10. The average molecular weight is 475 g/mol. The van der Waals surface area contributed by atoms with Crippen molar-refractivity contribution in [3.05, 3.63) is 69.4 Å². The minimum Gasteiger partial charge on any atom is -0.454 e. The second-order valence-corrected chi connectivity index (χ2v) is 9.19. The largest absolute Gasteiger partial charge is 0.454 e. The van der Waals surface area contributed by atoms with Crippen molar-refractivity contribution in [2.45, 2.75) is 52.1 Å². The summed E-state index contributed by atoms with van der Waals surface area (Å²) >= 11 is 0. The molecule has 3 aromatic rings. The summed E-state index contributed by atoms with van der Waals surface area (Å²) in [6.45, 7) is 3.52. The van der Waals surface area contributed by atoms with Crippen LogP contribution in [-0.2, 0) is 32.4 Å². The highest BCUT2D eigenvalue weighted by atomic mass is 16.7. The van der Waals surface area contributed by atoms with Crippen LogP contribution in [0, 0.1) is 6.92 Å². The van der Waals surface area contributed by atoms with Crippen molar-refractivity contribution in [1.82, 2.24) is 20.4 Å². The number of hydrogen-bond acceptors (Lipinski definition) is 7. The Morgan fingerprint density at radius 3 is 2.86 bits per heavy atom. The lowest BCUT2D eigenvalue weighted by atomic mass is 9.93. The van der Waals surface area contributed by atoms with Crippen molar-refractivity contribution in [3.63, 3.8) is 0 Å². The lowest BCUT2D eigenvalue weighted by Crippen LogP contribution is -2.37. The van der Waals surface area contributed by atoms with E-state index in [0.29, 0.717) is 48.8 Å². The SMILES string of the molecule is Cc1ncc2c(c1CNC(=O)c1ccc3c(c1)OCO3)CCN(C(=O)c1noc3c1CCCC3)C2. The highest BCUT2D eigenvalue weighted by molar-refractivity contribution is 5.95. The summed E-state index contributed by atoms with van der Waals surface area (Å²) in [6.07, 6.45) is 6.36. The number of ether oxygens (including phenoxy) is 2. The Labute approximate surface area is 202 Å². The number of pyridine rings is 1. The fraction of sp³-hybridized carbons (Fsp3) is 0.385. The summed E-state index contributed by atoms with van der Waals surface area (Å²) in [5, 5.41) is 7.12. The van der Waals surface area contributed by atoms with Gasteiger partial charge in [-0.25, -0.2) is 0 Å². The highest BCUT2D eigenvalue weighted by Crippen LogP contribution is 2.33. The molecule has 2 aliphatic heterocycles. The quantitative estimate of drug-likeness (QED) is 0.619. The summed E-state index contributed by atoms with van der Waals surface area (Å²) in [5.41, 5.74) is 5.97. The van der Waals surface area contributed by atoms with Gasteiger partial charge in [-0.3, -0.25) is 14.6 Å². The van der Waals surface area contributed by atoms with E-state index in [0.717, 1.165) is 59.4 Å². The molecule has 3 aliphatic rings. The van der Waals surface area contributed by atoms with E-state index in [1.165, 1.54) is 0 Å². The second kappa shape index (κ2) is 8.72. The van der Waals surface area contributed by atoms with E-state index in [4.69, 9.17) is 14.0 Å². The van der Waals surface area contributed by atoms with Crippen LogP contribution in [0.25, 0.3) is 0 Å². The first-order valence-corrected chi connectivity index (χ1v) is 12.0. The normalized spacial score (nSPS) is 16.0. The van der Waals surface area contributed by atoms with Crippen molar-refractivity contribution in [2.75, 3.05) is 13.3 Å². The molecule has 9 heteroatoms. The number of amides is 2. The molecular weight excluding hydrogens is 448 g/mol. The number of rotatable bonds is 4. The van der Waals surface area contributed by atoms with E-state index in [1.807, 2.05) is 18.0 Å². The number of carbonyl (C=O) groups is 2. The maximum absolute atomic E-state index is 13.3. The number of fused-ring (bicyclic) bond motifs is 3. The summed E-state index contributed by atoms with van der Waals surface area (Å²) in [7, 11) is 0. The number of nitrogens with one attached hydrogen (secondary N) is 1. The zero-order valence-electron chi connectivity index (χ0n) is 19.6. The van der Waals surface area contributed by atoms with Gasteiger partial charge in [0.1, 0.15) is 5.76 Å². The van der Waals surface area contributed by atoms with E-state index in [-0.39, 0.29) is 18.6 Å². The molecule has 1 aromatic carbocycles. The van der Waals surface area contributed by atoms with Gasteiger partial charge in [0.15, 0.2) is 17.2 Å². The number of aromatic nitrogens is 2. The number of hydrogen-bond donors (Lipinski definition) is 1. The van der Waals surface area contributed by atoms with Gasteiger partial charge in [0.05, 0.1) is 0 Å². The number of carbonyl (C=O) groups excluding carboxylic acids is 2. The lowest BCUT2D eigenvalue weighted by molar-refractivity contribution is 0.0722. The van der Waals surface area contributed by atoms with Crippen LogP contribution >= 0.6 is 0 Å². The first-order valence-electron chi connectivity index (χ1n) is 12.0. The van der Waals surface area contributed by atoms with Gasteiger partial charge in [-0.05, 0) is 67.5 Å². The predicted octanol–water partition coefficient (Wildman–Crippen LogP) is 3.11. The molecule has 6 rings (SSSR count). The van der Waals surface area contributed by atoms with E-state index in [2.05, 4.69) is 15.5 Å². The van der Waals surface area contributed by atoms with Gasteiger partial charge in [0.2, 0.25) is 6.79 Å². The van der Waals surface area contributed by atoms with E-state index >= 15 is 0 Å². The molecule has 180 valence electrons. The lowest BCUT2D eigenvalue weighted by Gasteiger charge is -2.30. The molecule has 0 fully saturated rings. The fourth-order valence-corrected chi connectivity index (χ4v) is 5.14. The van der Waals surface area contributed by atoms with Crippen LogP contribution < -0.4 is 14.8 Å². The molecule has 0 radical (unpaired) electrons. The number of benzene rings is 1. The molecule has 0 spiro atoms. The Morgan fingerprint density at radius 1 is 1.09 bits per heavy atom. The number of aryl methyl sites for hydroxylation is 2. The van der Waals surface area contributed by atoms with Crippen LogP contribution in [0.4, 0.5) is 0 Å². The zero-order chi connectivity index (χ0) is 23.9. The average Bonchev–Trinajstić information content (AvgIpc) is 3.54. The molecule has 0 saturated carbocycles. The molecule has 0 saturated heterocycles. The minimum atomic E-state index is -0.191. The molecule has 2 amide bonds. The summed E-state index contributed by atoms with van der Waals surface area (Å²) in [4.78, 5) is 32.4. The van der Waals surface area contributed by atoms with Crippen LogP contribution in [0.2, 0.25) is 0 Å². The van der Waals surface area contributed by atoms with Gasteiger partial charge in [-0.15, -0.1) is 0 Å². The Kier molecular flexibility index (Phi) is 5.39. The Balaban J connectivity index is 1.17. The molecule has 0 atom stereocenters. The third kappa shape index (κ3) is 3.90. The maximum Gasteiger partial charge on any atom is 0.276 e. The summed E-state index contributed by atoms with van der Waals surface area (Å²) < 4.78 is 16.1.